The molecule has 3 aliphatic rings. The molecule has 4 aromatic rings. The number of unbranched alkanes of at least 4 members (excludes halogenated alkanes) is 5. The number of amides is 6. The van der Waals surface area contributed by atoms with Crippen LogP contribution in [0.1, 0.15) is 125 Å². The van der Waals surface area contributed by atoms with E-state index < -0.39 is 29.7 Å². The number of nitrogens with zero attached hydrogens (tertiary/aromatic N) is 5. The van der Waals surface area contributed by atoms with Crippen LogP contribution in [0.25, 0.3) is 11.0 Å². The second-order valence-corrected chi connectivity index (χ2v) is 15.1. The highest BCUT2D eigenvalue weighted by atomic mass is 16.5. The molecular formula is C42H48N8O7. The Bertz CT molecular complexity index is 2190. The van der Waals surface area contributed by atoms with Crippen molar-refractivity contribution in [1.29, 1.82) is 0 Å². The zero-order chi connectivity index (χ0) is 40.1. The maximum absolute atomic E-state index is 13.2. The largest absolute Gasteiger partial charge is 0.493 e. The summed E-state index contributed by atoms with van der Waals surface area (Å²) < 4.78 is 8.05. The van der Waals surface area contributed by atoms with Crippen molar-refractivity contribution in [2.45, 2.75) is 89.1 Å². The average Bonchev–Trinajstić information content (AvgIpc) is 3.93. The third kappa shape index (κ3) is 8.52. The molecule has 15 heteroatoms. The van der Waals surface area contributed by atoms with E-state index in [0.29, 0.717) is 42.0 Å². The third-order valence-electron chi connectivity index (χ3n) is 10.9. The molecular weight excluding hydrogens is 729 g/mol. The van der Waals surface area contributed by atoms with E-state index in [4.69, 9.17) is 9.72 Å². The number of ether oxygens (including phenoxy) is 1. The van der Waals surface area contributed by atoms with Gasteiger partial charge in [0.1, 0.15) is 17.4 Å². The zero-order valence-corrected chi connectivity index (χ0v) is 32.3. The highest BCUT2D eigenvalue weighted by molar-refractivity contribution is 6.24. The fraction of sp³-hybridized carbons (Fsp3) is 0.429. The molecule has 0 radical (unpaired) electrons. The van der Waals surface area contributed by atoms with E-state index in [1.807, 2.05) is 18.3 Å². The van der Waals surface area contributed by atoms with Crippen molar-refractivity contribution in [3.05, 3.63) is 77.1 Å². The molecule has 2 fully saturated rings. The fourth-order valence-corrected chi connectivity index (χ4v) is 7.82. The van der Waals surface area contributed by atoms with Gasteiger partial charge in [0.05, 0.1) is 28.7 Å². The van der Waals surface area contributed by atoms with E-state index in [9.17, 15) is 28.8 Å². The molecule has 1 saturated heterocycles. The lowest BCUT2D eigenvalue weighted by Crippen LogP contribution is -2.54. The van der Waals surface area contributed by atoms with Crippen LogP contribution in [-0.2, 0) is 9.59 Å². The lowest BCUT2D eigenvalue weighted by Gasteiger charge is -2.27. The fourth-order valence-electron chi connectivity index (χ4n) is 7.82. The van der Waals surface area contributed by atoms with Crippen molar-refractivity contribution in [1.82, 2.24) is 35.0 Å². The Morgan fingerprint density at radius 1 is 0.912 bits per heavy atom. The second kappa shape index (κ2) is 17.3. The van der Waals surface area contributed by atoms with Crippen LogP contribution in [0.4, 0.5) is 11.6 Å². The topological polar surface area (TPSA) is 185 Å². The molecule has 57 heavy (non-hydrogen) atoms. The molecule has 4 heterocycles. The maximum Gasteiger partial charge on any atom is 0.266 e. The summed E-state index contributed by atoms with van der Waals surface area (Å²) in [5.41, 5.74) is 2.99. The number of piperidine rings is 1. The van der Waals surface area contributed by atoms with Crippen molar-refractivity contribution in [3.8, 4) is 5.75 Å². The monoisotopic (exact) mass is 776 g/mol. The van der Waals surface area contributed by atoms with E-state index >= 15 is 0 Å². The molecule has 6 amide bonds. The number of hydrogen-bond donors (Lipinski definition) is 3. The number of benzene rings is 2. The Morgan fingerprint density at radius 2 is 1.65 bits per heavy atom. The van der Waals surface area contributed by atoms with Gasteiger partial charge >= 0.3 is 0 Å². The molecule has 1 unspecified atom stereocenters. The Morgan fingerprint density at radius 3 is 2.39 bits per heavy atom. The molecule has 15 nitrogen and oxygen atoms in total. The molecule has 2 aromatic carbocycles. The molecule has 0 bridgehead atoms. The lowest BCUT2D eigenvalue weighted by molar-refractivity contribution is -0.136. The van der Waals surface area contributed by atoms with Gasteiger partial charge in [-0.3, -0.25) is 39.0 Å². The van der Waals surface area contributed by atoms with E-state index in [1.54, 1.807) is 55.5 Å². The van der Waals surface area contributed by atoms with Crippen molar-refractivity contribution in [2.24, 2.45) is 0 Å². The molecule has 1 aliphatic carbocycles. The van der Waals surface area contributed by atoms with E-state index in [1.165, 1.54) is 0 Å². The van der Waals surface area contributed by atoms with Crippen LogP contribution >= 0.6 is 0 Å². The molecule has 3 N–H and O–H groups in total. The summed E-state index contributed by atoms with van der Waals surface area (Å²) in [4.78, 5) is 87.7. The van der Waals surface area contributed by atoms with Crippen LogP contribution < -0.4 is 20.7 Å². The van der Waals surface area contributed by atoms with Crippen molar-refractivity contribution in [2.75, 3.05) is 32.6 Å². The quantitative estimate of drug-likeness (QED) is 0.0964. The number of hydrogen-bond acceptors (Lipinski definition) is 10. The number of anilines is 2. The van der Waals surface area contributed by atoms with Gasteiger partial charge in [-0.05, 0) is 68.5 Å². The van der Waals surface area contributed by atoms with Gasteiger partial charge < -0.3 is 24.8 Å². The van der Waals surface area contributed by atoms with Crippen molar-refractivity contribution < 1.29 is 33.5 Å². The predicted molar refractivity (Wildman–Crippen MR) is 211 cm³/mol. The number of carbonyl (C=O) groups is 6. The first-order valence-corrected chi connectivity index (χ1v) is 19.8. The number of rotatable bonds is 16. The molecule has 298 valence electrons. The zero-order valence-electron chi connectivity index (χ0n) is 32.3. The van der Waals surface area contributed by atoms with Gasteiger partial charge in [0.25, 0.3) is 23.6 Å². The minimum Gasteiger partial charge on any atom is -0.493 e. The van der Waals surface area contributed by atoms with Gasteiger partial charge in [0.15, 0.2) is 0 Å². The summed E-state index contributed by atoms with van der Waals surface area (Å²) >= 11 is 0. The molecule has 1 saturated carbocycles. The van der Waals surface area contributed by atoms with Crippen molar-refractivity contribution in [3.63, 3.8) is 0 Å². The minimum absolute atomic E-state index is 0.0621. The van der Waals surface area contributed by atoms with Crippen LogP contribution in [0.15, 0.2) is 54.9 Å². The van der Waals surface area contributed by atoms with Gasteiger partial charge in [-0.2, -0.15) is 4.98 Å². The third-order valence-corrected chi connectivity index (χ3v) is 10.9. The number of imide groups is 2. The summed E-state index contributed by atoms with van der Waals surface area (Å²) in [5.74, 6) is -1.69. The van der Waals surface area contributed by atoms with Gasteiger partial charge in [-0.1, -0.05) is 44.6 Å². The first kappa shape index (κ1) is 39.1. The van der Waals surface area contributed by atoms with E-state index in [0.717, 1.165) is 85.8 Å². The van der Waals surface area contributed by atoms with Crippen LogP contribution in [0.2, 0.25) is 0 Å². The molecule has 7 rings (SSSR count). The summed E-state index contributed by atoms with van der Waals surface area (Å²) in [6, 6.07) is 11.3. The predicted octanol–water partition coefficient (Wildman–Crippen LogP) is 5.54. The highest BCUT2D eigenvalue weighted by Crippen LogP contribution is 2.35. The lowest BCUT2D eigenvalue weighted by atomic mass is 10.0. The van der Waals surface area contributed by atoms with Crippen LogP contribution in [-0.4, -0.2) is 93.1 Å². The minimum atomic E-state index is -1.02. The smallest absolute Gasteiger partial charge is 0.266 e. The Labute approximate surface area is 330 Å². The van der Waals surface area contributed by atoms with E-state index in [2.05, 4.69) is 25.5 Å². The Kier molecular flexibility index (Phi) is 11.9. The molecule has 1 atom stereocenters. The van der Waals surface area contributed by atoms with Gasteiger partial charge in [0.2, 0.25) is 17.8 Å². The number of aromatic nitrogens is 3. The van der Waals surface area contributed by atoms with Crippen molar-refractivity contribution >= 4 is 58.1 Å². The number of nitrogens with one attached hydrogen (secondary N) is 3. The van der Waals surface area contributed by atoms with Crippen LogP contribution in [0.3, 0.4) is 0 Å². The SMILES string of the molecule is CN(C)C(=O)c1cn(C2CCCC2)c2nc(Nc3ccc(C(=O)NCCCCCCCCOc4cccc5c4C(=O)N(C4CCC(=O)NC4=O)C5=O)cc3)ncc12. The number of carbonyl (C=O) groups excluding carboxylic acids is 6. The van der Waals surface area contributed by atoms with Gasteiger partial charge in [-0.25, -0.2) is 4.98 Å². The van der Waals surface area contributed by atoms with Gasteiger partial charge in [0, 0.05) is 56.7 Å². The summed E-state index contributed by atoms with van der Waals surface area (Å²) in [7, 11) is 3.48. The first-order chi connectivity index (χ1) is 27.6. The summed E-state index contributed by atoms with van der Waals surface area (Å²) in [6.45, 7) is 0.939. The van der Waals surface area contributed by atoms with Crippen LogP contribution in [0, 0.1) is 0 Å². The van der Waals surface area contributed by atoms with E-state index in [-0.39, 0.29) is 35.8 Å². The van der Waals surface area contributed by atoms with Crippen LogP contribution in [0.5, 0.6) is 5.75 Å². The van der Waals surface area contributed by atoms with Gasteiger partial charge in [-0.15, -0.1) is 0 Å². The first-order valence-electron chi connectivity index (χ1n) is 19.8. The summed E-state index contributed by atoms with van der Waals surface area (Å²) in [5, 5.41) is 9.18. The molecule has 0 spiro atoms. The Hall–Kier alpha value is -6.12. The Balaban J connectivity index is 0.808. The second-order valence-electron chi connectivity index (χ2n) is 15.1. The average molecular weight is 777 g/mol. The highest BCUT2D eigenvalue weighted by Gasteiger charge is 2.46. The molecule has 2 aliphatic heterocycles. The number of fused-ring (bicyclic) bond motifs is 2. The summed E-state index contributed by atoms with van der Waals surface area (Å²) in [6.07, 6.45) is 13.7. The standard InChI is InChI=1S/C42H48N8O7/c1-48(2)39(54)31-25-49(28-12-7-8-13-28)36-30(31)24-44-42(47-36)45-27-18-16-26(17-19-27)37(52)43-22-9-5-3-4-6-10-23-57-33-15-11-14-29-35(33)41(56)50(40(29)55)32-20-21-34(51)46-38(32)53/h11,14-19,24-25,28,32H,3-10,12-13,20-23H2,1-2H3,(H,43,52)(H,44,45,47)(H,46,51,53). The maximum atomic E-state index is 13.2. The molecule has 2 aromatic heterocycles. The normalized spacial score (nSPS) is 16.9.